The fraction of sp³-hybridized carbons (Fsp3) is 0.562. The van der Waals surface area contributed by atoms with Gasteiger partial charge in [-0.25, -0.2) is 4.79 Å². The minimum Gasteiger partial charge on any atom is -0.478 e. The van der Waals surface area contributed by atoms with E-state index in [-0.39, 0.29) is 5.60 Å². The number of carboxylic acids is 1. The predicted octanol–water partition coefficient (Wildman–Crippen LogP) is 3.53. The summed E-state index contributed by atoms with van der Waals surface area (Å²) in [4.78, 5) is 11.0. The van der Waals surface area contributed by atoms with Gasteiger partial charge < -0.3 is 15.2 Å². The lowest BCUT2D eigenvalue weighted by Crippen LogP contribution is -2.43. The van der Waals surface area contributed by atoms with Crippen molar-refractivity contribution in [3.05, 3.63) is 29.8 Å². The Hall–Kier alpha value is -1.55. The lowest BCUT2D eigenvalue weighted by molar-refractivity contribution is -0.0864. The Labute approximate surface area is 120 Å². The van der Waals surface area contributed by atoms with E-state index in [1.165, 1.54) is 0 Å². The van der Waals surface area contributed by atoms with E-state index in [0.29, 0.717) is 11.6 Å². The van der Waals surface area contributed by atoms with Gasteiger partial charge in [0.05, 0.1) is 11.2 Å². The molecule has 20 heavy (non-hydrogen) atoms. The maximum atomic E-state index is 11.0. The first kappa shape index (κ1) is 14.9. The second kappa shape index (κ2) is 6.27. The highest BCUT2D eigenvalue weighted by molar-refractivity contribution is 5.88. The van der Waals surface area contributed by atoms with Crippen molar-refractivity contribution in [1.29, 1.82) is 0 Å². The maximum absolute atomic E-state index is 11.0. The highest BCUT2D eigenvalue weighted by Crippen LogP contribution is 2.32. The van der Waals surface area contributed by atoms with Gasteiger partial charge >= 0.3 is 5.97 Å². The van der Waals surface area contributed by atoms with Gasteiger partial charge in [-0.3, -0.25) is 0 Å². The van der Waals surface area contributed by atoms with Crippen LogP contribution in [0.3, 0.4) is 0 Å². The molecular weight excluding hydrogens is 254 g/mol. The third-order valence-electron chi connectivity index (χ3n) is 4.26. The molecule has 0 aromatic heterocycles. The average molecular weight is 277 g/mol. The first-order valence-electron chi connectivity index (χ1n) is 7.32. The van der Waals surface area contributed by atoms with Crippen molar-refractivity contribution in [2.75, 3.05) is 11.9 Å². The zero-order valence-electron chi connectivity index (χ0n) is 12.2. The molecule has 1 aliphatic heterocycles. The van der Waals surface area contributed by atoms with Crippen LogP contribution in [0, 0.1) is 0 Å². The molecule has 1 heterocycles. The van der Waals surface area contributed by atoms with Crippen LogP contribution in [-0.2, 0) is 4.74 Å². The van der Waals surface area contributed by atoms with Gasteiger partial charge in [0, 0.05) is 18.3 Å². The molecule has 0 aliphatic carbocycles. The molecular formula is C16H23NO3. The summed E-state index contributed by atoms with van der Waals surface area (Å²) in [7, 11) is 0. The number of carboxylic acid groups (broad SMARTS) is 1. The van der Waals surface area contributed by atoms with Crippen LogP contribution in [0.15, 0.2) is 24.3 Å². The number of aromatic carboxylic acids is 1. The molecule has 1 unspecified atom stereocenters. The third kappa shape index (κ3) is 3.31. The highest BCUT2D eigenvalue weighted by atomic mass is 16.5. The first-order chi connectivity index (χ1) is 9.58. The summed E-state index contributed by atoms with van der Waals surface area (Å²) >= 11 is 0. The van der Waals surface area contributed by atoms with E-state index in [9.17, 15) is 4.79 Å². The summed E-state index contributed by atoms with van der Waals surface area (Å²) in [6, 6.07) is 7.34. The van der Waals surface area contributed by atoms with E-state index >= 15 is 0 Å². The minimum atomic E-state index is -0.892. The standard InChI is InChI=1S/C16H23NO3/c1-3-16(4-2)11-14(8-9-20-16)17-13-7-5-6-12(10-13)15(18)19/h5-7,10,14,17H,3-4,8-9,11H2,1-2H3,(H,18,19). The molecule has 1 aliphatic rings. The summed E-state index contributed by atoms with van der Waals surface area (Å²) in [5.74, 6) is -0.892. The topological polar surface area (TPSA) is 58.6 Å². The SMILES string of the molecule is CCC1(CC)CC(Nc2cccc(C(=O)O)c2)CCO1. The molecule has 0 spiro atoms. The number of carbonyl (C=O) groups is 1. The first-order valence-corrected chi connectivity index (χ1v) is 7.32. The van der Waals surface area contributed by atoms with Crippen LogP contribution in [0.4, 0.5) is 5.69 Å². The lowest BCUT2D eigenvalue weighted by atomic mass is 9.86. The fourth-order valence-corrected chi connectivity index (χ4v) is 2.87. The molecule has 4 nitrogen and oxygen atoms in total. The fourth-order valence-electron chi connectivity index (χ4n) is 2.87. The van der Waals surface area contributed by atoms with Gasteiger partial charge in [-0.1, -0.05) is 19.9 Å². The quantitative estimate of drug-likeness (QED) is 0.864. The Morgan fingerprint density at radius 3 is 2.85 bits per heavy atom. The Morgan fingerprint density at radius 1 is 1.45 bits per heavy atom. The normalized spacial score (nSPS) is 21.4. The van der Waals surface area contributed by atoms with Crippen molar-refractivity contribution in [3.63, 3.8) is 0 Å². The lowest BCUT2D eigenvalue weighted by Gasteiger charge is -2.40. The van der Waals surface area contributed by atoms with Gasteiger partial charge in [0.25, 0.3) is 0 Å². The Bertz CT molecular complexity index is 469. The van der Waals surface area contributed by atoms with Crippen LogP contribution in [-0.4, -0.2) is 29.3 Å². The van der Waals surface area contributed by atoms with Crippen molar-refractivity contribution < 1.29 is 14.6 Å². The van der Waals surface area contributed by atoms with Crippen molar-refractivity contribution in [2.45, 2.75) is 51.2 Å². The van der Waals surface area contributed by atoms with Crippen LogP contribution in [0.1, 0.15) is 49.9 Å². The number of nitrogens with one attached hydrogen (secondary N) is 1. The molecule has 1 saturated heterocycles. The third-order valence-corrected chi connectivity index (χ3v) is 4.26. The molecule has 1 aromatic rings. The van der Waals surface area contributed by atoms with Gasteiger partial charge in [0.15, 0.2) is 0 Å². The number of rotatable bonds is 5. The number of benzene rings is 1. The summed E-state index contributed by atoms with van der Waals surface area (Å²) < 4.78 is 5.96. The average Bonchev–Trinajstić information content (AvgIpc) is 2.47. The Morgan fingerprint density at radius 2 is 2.20 bits per heavy atom. The van der Waals surface area contributed by atoms with Crippen LogP contribution in [0.5, 0.6) is 0 Å². The summed E-state index contributed by atoms with van der Waals surface area (Å²) in [6.45, 7) is 5.09. The molecule has 0 amide bonds. The molecule has 1 fully saturated rings. The second-order valence-electron chi connectivity index (χ2n) is 5.46. The van der Waals surface area contributed by atoms with Crippen molar-refractivity contribution in [2.24, 2.45) is 0 Å². The maximum Gasteiger partial charge on any atom is 0.335 e. The van der Waals surface area contributed by atoms with Crippen LogP contribution < -0.4 is 5.32 Å². The van der Waals surface area contributed by atoms with Gasteiger partial charge in [-0.15, -0.1) is 0 Å². The second-order valence-corrected chi connectivity index (χ2v) is 5.46. The van der Waals surface area contributed by atoms with E-state index in [2.05, 4.69) is 19.2 Å². The van der Waals surface area contributed by atoms with Crippen LogP contribution in [0.2, 0.25) is 0 Å². The van der Waals surface area contributed by atoms with Gasteiger partial charge in [0.1, 0.15) is 0 Å². The van der Waals surface area contributed by atoms with E-state index in [1.54, 1.807) is 18.2 Å². The molecule has 2 N–H and O–H groups in total. The van der Waals surface area contributed by atoms with E-state index in [1.807, 2.05) is 6.07 Å². The van der Waals surface area contributed by atoms with E-state index < -0.39 is 5.97 Å². The van der Waals surface area contributed by atoms with E-state index in [0.717, 1.165) is 38.0 Å². The number of hydrogen-bond acceptors (Lipinski definition) is 3. The van der Waals surface area contributed by atoms with Crippen molar-refractivity contribution >= 4 is 11.7 Å². The predicted molar refractivity (Wildman–Crippen MR) is 79.3 cm³/mol. The van der Waals surface area contributed by atoms with Crippen LogP contribution >= 0.6 is 0 Å². The Balaban J connectivity index is 2.06. The van der Waals surface area contributed by atoms with Crippen molar-refractivity contribution in [3.8, 4) is 0 Å². The summed E-state index contributed by atoms with van der Waals surface area (Å²) in [5.41, 5.74) is 1.16. The zero-order chi connectivity index (χ0) is 14.6. The molecule has 1 aromatic carbocycles. The number of hydrogen-bond donors (Lipinski definition) is 2. The number of anilines is 1. The highest BCUT2D eigenvalue weighted by Gasteiger charge is 2.34. The Kier molecular flexibility index (Phi) is 4.65. The zero-order valence-corrected chi connectivity index (χ0v) is 12.2. The van der Waals surface area contributed by atoms with Crippen LogP contribution in [0.25, 0.3) is 0 Å². The molecule has 0 saturated carbocycles. The van der Waals surface area contributed by atoms with Gasteiger partial charge in [-0.2, -0.15) is 0 Å². The molecule has 0 bridgehead atoms. The molecule has 4 heteroatoms. The van der Waals surface area contributed by atoms with E-state index in [4.69, 9.17) is 9.84 Å². The monoisotopic (exact) mass is 277 g/mol. The molecule has 2 rings (SSSR count). The molecule has 110 valence electrons. The minimum absolute atomic E-state index is 0.0275. The van der Waals surface area contributed by atoms with Crippen molar-refractivity contribution in [1.82, 2.24) is 0 Å². The molecule has 0 radical (unpaired) electrons. The van der Waals surface area contributed by atoms with Gasteiger partial charge in [0.2, 0.25) is 0 Å². The summed E-state index contributed by atoms with van der Waals surface area (Å²) in [6.07, 6.45) is 3.95. The smallest absolute Gasteiger partial charge is 0.335 e. The largest absolute Gasteiger partial charge is 0.478 e. The number of ether oxygens (including phenoxy) is 1. The van der Waals surface area contributed by atoms with Gasteiger partial charge in [-0.05, 0) is 43.9 Å². The molecule has 1 atom stereocenters. The summed E-state index contributed by atoms with van der Waals surface area (Å²) in [5, 5.41) is 12.5.